The Labute approximate surface area is 162 Å². The molecule has 0 bridgehead atoms. The Kier molecular flexibility index (Phi) is 4.92. The normalized spacial score (nSPS) is 22.2. The predicted octanol–water partition coefficient (Wildman–Crippen LogP) is 3.05. The maximum atomic E-state index is 13.0. The number of rotatable bonds is 6. The molecule has 146 valence electrons. The maximum absolute atomic E-state index is 13.0. The van der Waals surface area contributed by atoms with Crippen molar-refractivity contribution in [3.8, 4) is 5.75 Å². The molecular formula is C21H21NO6. The largest absolute Gasteiger partial charge is 0.503 e. The minimum Gasteiger partial charge on any atom is -0.503 e. The Morgan fingerprint density at radius 2 is 2.07 bits per heavy atom. The summed E-state index contributed by atoms with van der Waals surface area (Å²) in [6.45, 7) is 0.950. The molecule has 7 heteroatoms. The summed E-state index contributed by atoms with van der Waals surface area (Å²) in [7, 11) is 1.56. The van der Waals surface area contributed by atoms with Crippen molar-refractivity contribution in [3.63, 3.8) is 0 Å². The predicted molar refractivity (Wildman–Crippen MR) is 99.1 cm³/mol. The Morgan fingerprint density at radius 1 is 1.29 bits per heavy atom. The van der Waals surface area contributed by atoms with Crippen LogP contribution in [0.4, 0.5) is 0 Å². The number of aliphatic hydroxyl groups is 1. The molecule has 0 saturated carbocycles. The Hall–Kier alpha value is -3.06. The number of hydrogen-bond acceptors (Lipinski definition) is 6. The zero-order valence-electron chi connectivity index (χ0n) is 15.5. The van der Waals surface area contributed by atoms with Gasteiger partial charge in [0, 0.05) is 13.2 Å². The molecule has 0 aliphatic carbocycles. The number of hydrogen-bond donors (Lipinski definition) is 1. The van der Waals surface area contributed by atoms with Crippen LogP contribution >= 0.6 is 0 Å². The zero-order valence-corrected chi connectivity index (χ0v) is 15.5. The van der Waals surface area contributed by atoms with Crippen molar-refractivity contribution in [2.75, 3.05) is 20.3 Å². The van der Waals surface area contributed by atoms with E-state index in [1.54, 1.807) is 37.4 Å². The third-order valence-corrected chi connectivity index (χ3v) is 5.15. The van der Waals surface area contributed by atoms with E-state index in [0.29, 0.717) is 24.5 Å². The molecule has 2 aromatic rings. The summed E-state index contributed by atoms with van der Waals surface area (Å²) >= 11 is 0. The minimum atomic E-state index is -0.722. The van der Waals surface area contributed by atoms with Crippen molar-refractivity contribution >= 4 is 11.7 Å². The number of nitrogens with zero attached hydrogens (tertiary/aromatic N) is 1. The van der Waals surface area contributed by atoms with Gasteiger partial charge in [-0.15, -0.1) is 0 Å². The summed E-state index contributed by atoms with van der Waals surface area (Å²) in [4.78, 5) is 27.3. The zero-order chi connectivity index (χ0) is 19.7. The van der Waals surface area contributed by atoms with Gasteiger partial charge in [0.2, 0.25) is 5.78 Å². The second-order valence-electron chi connectivity index (χ2n) is 6.84. The quantitative estimate of drug-likeness (QED) is 0.772. The number of aliphatic hydroxyl groups excluding tert-OH is 1. The third-order valence-electron chi connectivity index (χ3n) is 5.15. The van der Waals surface area contributed by atoms with E-state index >= 15 is 0 Å². The van der Waals surface area contributed by atoms with Gasteiger partial charge in [-0.05, 0) is 42.7 Å². The van der Waals surface area contributed by atoms with Crippen molar-refractivity contribution in [1.82, 2.24) is 4.90 Å². The Balaban J connectivity index is 1.74. The molecule has 1 N–H and O–H groups in total. The van der Waals surface area contributed by atoms with Crippen LogP contribution in [0.1, 0.15) is 35.0 Å². The van der Waals surface area contributed by atoms with E-state index in [1.165, 1.54) is 17.2 Å². The third kappa shape index (κ3) is 3.18. The summed E-state index contributed by atoms with van der Waals surface area (Å²) in [5.74, 6) is -0.893. The van der Waals surface area contributed by atoms with E-state index < -0.39 is 23.5 Å². The van der Waals surface area contributed by atoms with Crippen LogP contribution in [0.25, 0.3) is 0 Å². The standard InChI is InChI=1S/C21H21NO6/c1-26-14-8-6-13(7-9-14)18-17(19(23)16-5-3-11-28-16)20(24)21(25)22(18)12-15-4-2-10-27-15/h3,5-9,11,15,18,24H,2,4,10,12H2,1H3/t15-,18-/m0/s1. The lowest BCUT2D eigenvalue weighted by Gasteiger charge is -2.28. The van der Waals surface area contributed by atoms with E-state index in [-0.39, 0.29) is 17.4 Å². The molecule has 1 saturated heterocycles. The van der Waals surface area contributed by atoms with Crippen LogP contribution < -0.4 is 4.74 Å². The molecule has 1 aromatic carbocycles. The first-order valence-electron chi connectivity index (χ1n) is 9.18. The van der Waals surface area contributed by atoms with E-state index in [4.69, 9.17) is 13.9 Å². The fourth-order valence-electron chi connectivity index (χ4n) is 3.75. The van der Waals surface area contributed by atoms with Gasteiger partial charge < -0.3 is 23.9 Å². The first-order valence-corrected chi connectivity index (χ1v) is 9.18. The van der Waals surface area contributed by atoms with Crippen molar-refractivity contribution in [2.45, 2.75) is 25.0 Å². The number of Topliss-reactive ketones (excluding diaryl/α,β-unsaturated/α-hetero) is 1. The number of benzene rings is 1. The van der Waals surface area contributed by atoms with Crippen LogP contribution in [0.5, 0.6) is 5.75 Å². The lowest BCUT2D eigenvalue weighted by molar-refractivity contribution is -0.131. The highest BCUT2D eigenvalue weighted by Gasteiger charge is 2.45. The Bertz CT molecular complexity index is 893. The second kappa shape index (κ2) is 7.52. The number of methoxy groups -OCH3 is 1. The molecule has 2 aliphatic rings. The van der Waals surface area contributed by atoms with E-state index in [1.807, 2.05) is 0 Å². The minimum absolute atomic E-state index is 0.0168. The molecular weight excluding hydrogens is 362 g/mol. The molecule has 0 radical (unpaired) electrons. The topological polar surface area (TPSA) is 89.2 Å². The van der Waals surface area contributed by atoms with Crippen molar-refractivity contribution in [1.29, 1.82) is 0 Å². The number of ketones is 1. The summed E-state index contributed by atoms with van der Waals surface area (Å²) in [5.41, 5.74) is 0.717. The van der Waals surface area contributed by atoms with Crippen LogP contribution in [0.2, 0.25) is 0 Å². The van der Waals surface area contributed by atoms with E-state index in [0.717, 1.165) is 12.8 Å². The van der Waals surface area contributed by atoms with Crippen molar-refractivity contribution in [3.05, 3.63) is 65.3 Å². The van der Waals surface area contributed by atoms with Gasteiger partial charge in [-0.25, -0.2) is 0 Å². The van der Waals surface area contributed by atoms with Crippen LogP contribution in [0.3, 0.4) is 0 Å². The molecule has 4 rings (SSSR count). The lowest BCUT2D eigenvalue weighted by Crippen LogP contribution is -2.37. The molecule has 1 amide bonds. The first-order chi connectivity index (χ1) is 13.6. The summed E-state index contributed by atoms with van der Waals surface area (Å²) < 4.78 is 16.1. The molecule has 3 heterocycles. The van der Waals surface area contributed by atoms with Crippen LogP contribution in [-0.4, -0.2) is 48.1 Å². The number of carbonyl (C=O) groups excluding carboxylic acids is 2. The molecule has 0 unspecified atom stereocenters. The van der Waals surface area contributed by atoms with Gasteiger partial charge in [-0.1, -0.05) is 12.1 Å². The van der Waals surface area contributed by atoms with Crippen molar-refractivity contribution in [2.24, 2.45) is 0 Å². The van der Waals surface area contributed by atoms with Crippen LogP contribution in [0, 0.1) is 0 Å². The van der Waals surface area contributed by atoms with Gasteiger partial charge in [-0.3, -0.25) is 9.59 Å². The average molecular weight is 383 g/mol. The highest BCUT2D eigenvalue weighted by Crippen LogP contribution is 2.40. The molecule has 28 heavy (non-hydrogen) atoms. The summed E-state index contributed by atoms with van der Waals surface area (Å²) in [5, 5.41) is 10.6. The Morgan fingerprint density at radius 3 is 2.68 bits per heavy atom. The van der Waals surface area contributed by atoms with Gasteiger partial charge in [0.05, 0.1) is 31.1 Å². The highest BCUT2D eigenvalue weighted by atomic mass is 16.5. The molecule has 2 atom stereocenters. The molecule has 0 spiro atoms. The number of amides is 1. The molecule has 1 aromatic heterocycles. The van der Waals surface area contributed by atoms with Gasteiger partial charge in [0.1, 0.15) is 5.75 Å². The monoisotopic (exact) mass is 383 g/mol. The number of carbonyl (C=O) groups is 2. The maximum Gasteiger partial charge on any atom is 0.290 e. The summed E-state index contributed by atoms with van der Waals surface area (Å²) in [6.07, 6.45) is 3.03. The SMILES string of the molecule is COc1ccc([C@H]2C(C(=O)c3ccco3)=C(O)C(=O)N2C[C@@H]2CCCO2)cc1. The highest BCUT2D eigenvalue weighted by molar-refractivity contribution is 6.15. The van der Waals surface area contributed by atoms with Gasteiger partial charge >= 0.3 is 0 Å². The van der Waals surface area contributed by atoms with Gasteiger partial charge in [-0.2, -0.15) is 0 Å². The van der Waals surface area contributed by atoms with Crippen LogP contribution in [-0.2, 0) is 9.53 Å². The van der Waals surface area contributed by atoms with E-state index in [2.05, 4.69) is 0 Å². The molecule has 7 nitrogen and oxygen atoms in total. The molecule has 2 aliphatic heterocycles. The smallest absolute Gasteiger partial charge is 0.290 e. The molecule has 1 fully saturated rings. The van der Waals surface area contributed by atoms with E-state index in [9.17, 15) is 14.7 Å². The first kappa shape index (κ1) is 18.3. The second-order valence-corrected chi connectivity index (χ2v) is 6.84. The fourth-order valence-corrected chi connectivity index (χ4v) is 3.75. The van der Waals surface area contributed by atoms with Crippen molar-refractivity contribution < 1.29 is 28.6 Å². The summed E-state index contributed by atoms with van der Waals surface area (Å²) in [6, 6.07) is 9.47. The number of furan rings is 1. The number of ether oxygens (including phenoxy) is 2. The lowest BCUT2D eigenvalue weighted by atomic mass is 9.95. The fraction of sp³-hybridized carbons (Fsp3) is 0.333. The van der Waals surface area contributed by atoms with Crippen LogP contribution in [0.15, 0.2) is 58.4 Å². The van der Waals surface area contributed by atoms with Gasteiger partial charge in [0.15, 0.2) is 11.5 Å². The average Bonchev–Trinajstić information content (AvgIpc) is 3.46. The van der Waals surface area contributed by atoms with Gasteiger partial charge in [0.25, 0.3) is 5.91 Å².